The summed E-state index contributed by atoms with van der Waals surface area (Å²) in [6, 6.07) is 0. The molecule has 0 aliphatic rings. The van der Waals surface area contributed by atoms with Gasteiger partial charge in [-0.2, -0.15) is 26.3 Å². The Morgan fingerprint density at radius 3 is 1.00 bits per heavy atom. The molecule has 0 saturated carbocycles. The number of rotatable bonds is 0. The van der Waals surface area contributed by atoms with Crippen LogP contribution >= 0.6 is 15.9 Å². The van der Waals surface area contributed by atoms with E-state index in [2.05, 4.69) is 0 Å². The molecule has 62 valence electrons. The van der Waals surface area contributed by atoms with Crippen LogP contribution in [-0.2, 0) is 0 Å². The Hall–Kier alpha value is 0.0600. The van der Waals surface area contributed by atoms with Crippen LogP contribution in [-0.4, -0.2) is 17.2 Å². The zero-order valence-corrected chi connectivity index (χ0v) is 5.81. The van der Waals surface area contributed by atoms with Crippen molar-refractivity contribution >= 4 is 15.9 Å². The van der Waals surface area contributed by atoms with Gasteiger partial charge >= 0.3 is 12.4 Å². The first-order chi connectivity index (χ1) is 4.15. The summed E-state index contributed by atoms with van der Waals surface area (Å²) in [6.45, 7) is 0. The summed E-state index contributed by atoms with van der Waals surface area (Å²) in [5.41, 5.74) is 0. The molecule has 0 atom stereocenters. The molecule has 0 unspecified atom stereocenters. The monoisotopic (exact) mass is 230 g/mol. The minimum Gasteiger partial charge on any atom is -0.169 e. The second-order valence-electron chi connectivity index (χ2n) is 1.45. The highest BCUT2D eigenvalue weighted by molar-refractivity contribution is 9.09. The third-order valence-electron chi connectivity index (χ3n) is 0.575. The first-order valence-corrected chi connectivity index (χ1v) is 2.85. The largest absolute Gasteiger partial charge is 0.410 e. The maximum Gasteiger partial charge on any atom is 0.410 e. The third kappa shape index (κ3) is 2.76. The van der Waals surface area contributed by atoms with Gasteiger partial charge in [0.1, 0.15) is 0 Å². The van der Waals surface area contributed by atoms with E-state index in [9.17, 15) is 26.3 Å². The molecule has 0 fully saturated rings. The van der Waals surface area contributed by atoms with Gasteiger partial charge in [-0.1, -0.05) is 15.9 Å². The Morgan fingerprint density at radius 1 is 0.800 bits per heavy atom. The minimum absolute atomic E-state index is 1.47. The van der Waals surface area contributed by atoms with Crippen LogP contribution in [0.5, 0.6) is 0 Å². The molecule has 0 heterocycles. The summed E-state index contributed by atoms with van der Waals surface area (Å²) in [6.07, 6.45) is -10.5. The van der Waals surface area contributed by atoms with Gasteiger partial charge < -0.3 is 0 Å². The predicted octanol–water partition coefficient (Wildman–Crippen LogP) is 2.87. The van der Waals surface area contributed by atoms with Crippen LogP contribution in [0.25, 0.3) is 0 Å². The van der Waals surface area contributed by atoms with Crippen LogP contribution in [0.2, 0.25) is 0 Å². The first-order valence-electron chi connectivity index (χ1n) is 1.93. The lowest BCUT2D eigenvalue weighted by Crippen LogP contribution is -2.36. The van der Waals surface area contributed by atoms with Crippen LogP contribution in [0.3, 0.4) is 0 Å². The van der Waals surface area contributed by atoms with E-state index in [0.29, 0.717) is 0 Å². The standard InChI is InChI=1S/C3HBrF6/c4-1(2(5,6)7)3(8,9)10/h1H. The molecule has 0 aromatic heterocycles. The van der Waals surface area contributed by atoms with Crippen LogP contribution in [0.15, 0.2) is 0 Å². The number of alkyl halides is 7. The van der Waals surface area contributed by atoms with E-state index < -0.39 is 17.2 Å². The van der Waals surface area contributed by atoms with Crippen molar-refractivity contribution in [2.24, 2.45) is 0 Å². The SMILES string of the molecule is FC(F)(F)C(Br)C(F)(F)F. The number of hydrogen-bond donors (Lipinski definition) is 0. The lowest BCUT2D eigenvalue weighted by atomic mass is 10.4. The molecule has 0 amide bonds. The van der Waals surface area contributed by atoms with Crippen LogP contribution in [0.1, 0.15) is 0 Å². The van der Waals surface area contributed by atoms with Crippen molar-refractivity contribution in [3.05, 3.63) is 0 Å². The van der Waals surface area contributed by atoms with Crippen molar-refractivity contribution in [1.82, 2.24) is 0 Å². The molecule has 0 spiro atoms. The molecule has 0 rings (SSSR count). The van der Waals surface area contributed by atoms with Crippen molar-refractivity contribution in [3.8, 4) is 0 Å². The zero-order chi connectivity index (χ0) is 8.58. The zero-order valence-electron chi connectivity index (χ0n) is 4.22. The average Bonchev–Trinajstić information content (AvgIpc) is 1.59. The van der Waals surface area contributed by atoms with Gasteiger partial charge in [0.25, 0.3) is 0 Å². The topological polar surface area (TPSA) is 0 Å². The highest BCUT2D eigenvalue weighted by Gasteiger charge is 2.55. The lowest BCUT2D eigenvalue weighted by Gasteiger charge is -2.16. The highest BCUT2D eigenvalue weighted by atomic mass is 79.9. The minimum atomic E-state index is -5.27. The molecule has 0 aliphatic heterocycles. The summed E-state index contributed by atoms with van der Waals surface area (Å²) in [5.74, 6) is 0. The molecule has 0 aromatic carbocycles. The van der Waals surface area contributed by atoms with Crippen molar-refractivity contribution < 1.29 is 26.3 Å². The van der Waals surface area contributed by atoms with Crippen molar-refractivity contribution in [2.45, 2.75) is 17.2 Å². The maximum absolute atomic E-state index is 11.2. The number of halogens is 7. The van der Waals surface area contributed by atoms with E-state index in [1.54, 1.807) is 0 Å². The summed E-state index contributed by atoms with van der Waals surface area (Å²) < 4.78 is 67.1. The van der Waals surface area contributed by atoms with Crippen LogP contribution < -0.4 is 0 Å². The second kappa shape index (κ2) is 2.60. The summed E-state index contributed by atoms with van der Waals surface area (Å²) in [5, 5.41) is 0. The Morgan fingerprint density at radius 2 is 1.00 bits per heavy atom. The Bertz CT molecular complexity index is 97.1. The van der Waals surface area contributed by atoms with E-state index in [-0.39, 0.29) is 0 Å². The second-order valence-corrected chi connectivity index (χ2v) is 2.36. The molecular formula is C3HBrF6. The fourth-order valence-corrected chi connectivity index (χ4v) is 0.186. The predicted molar refractivity (Wildman–Crippen MR) is 24.8 cm³/mol. The van der Waals surface area contributed by atoms with Gasteiger partial charge in [0.15, 0.2) is 0 Å². The summed E-state index contributed by atoms with van der Waals surface area (Å²) in [4.78, 5) is -3.42. The van der Waals surface area contributed by atoms with Gasteiger partial charge in [-0.05, 0) is 0 Å². The fourth-order valence-electron chi connectivity index (χ4n) is 0.186. The summed E-state index contributed by atoms with van der Waals surface area (Å²) in [7, 11) is 0. The van der Waals surface area contributed by atoms with Gasteiger partial charge in [0, 0.05) is 0 Å². The normalized spacial score (nSPS) is 14.4. The average molecular weight is 231 g/mol. The van der Waals surface area contributed by atoms with Gasteiger partial charge in [-0.15, -0.1) is 0 Å². The Labute approximate surface area is 60.3 Å². The smallest absolute Gasteiger partial charge is 0.169 e. The van der Waals surface area contributed by atoms with Crippen molar-refractivity contribution in [2.75, 3.05) is 0 Å². The van der Waals surface area contributed by atoms with Gasteiger partial charge in [0.2, 0.25) is 4.83 Å². The Kier molecular flexibility index (Phi) is 2.61. The van der Waals surface area contributed by atoms with E-state index in [1.165, 1.54) is 15.9 Å². The number of hydrogen-bond acceptors (Lipinski definition) is 0. The van der Waals surface area contributed by atoms with Gasteiger partial charge in [-0.25, -0.2) is 0 Å². The molecule has 0 saturated heterocycles. The van der Waals surface area contributed by atoms with Gasteiger partial charge in [0.05, 0.1) is 0 Å². The van der Waals surface area contributed by atoms with E-state index in [4.69, 9.17) is 0 Å². The highest BCUT2D eigenvalue weighted by Crippen LogP contribution is 2.38. The molecule has 10 heavy (non-hydrogen) atoms. The van der Waals surface area contributed by atoms with E-state index in [1.807, 2.05) is 0 Å². The van der Waals surface area contributed by atoms with Crippen LogP contribution in [0, 0.1) is 0 Å². The lowest BCUT2D eigenvalue weighted by molar-refractivity contribution is -0.221. The van der Waals surface area contributed by atoms with Crippen molar-refractivity contribution in [1.29, 1.82) is 0 Å². The van der Waals surface area contributed by atoms with Crippen LogP contribution in [0.4, 0.5) is 26.3 Å². The third-order valence-corrected chi connectivity index (χ3v) is 1.61. The quantitative estimate of drug-likeness (QED) is 0.444. The van der Waals surface area contributed by atoms with E-state index in [0.717, 1.165) is 0 Å². The van der Waals surface area contributed by atoms with E-state index >= 15 is 0 Å². The Balaban J connectivity index is 4.23. The molecule has 0 N–H and O–H groups in total. The van der Waals surface area contributed by atoms with Crippen molar-refractivity contribution in [3.63, 3.8) is 0 Å². The molecule has 0 nitrogen and oxygen atoms in total. The molecule has 0 radical (unpaired) electrons. The summed E-state index contributed by atoms with van der Waals surface area (Å²) >= 11 is 1.47. The molecule has 7 heteroatoms. The first kappa shape index (κ1) is 10.1. The van der Waals surface area contributed by atoms with Gasteiger partial charge in [-0.3, -0.25) is 0 Å². The fraction of sp³-hybridized carbons (Fsp3) is 1.00. The molecule has 0 aromatic rings. The molecule has 0 aliphatic carbocycles. The maximum atomic E-state index is 11.2. The molecular weight excluding hydrogens is 230 g/mol. The molecule has 0 bridgehead atoms.